The molecule has 0 aliphatic carbocycles. The molecular formula is C26H28N4O5. The van der Waals surface area contributed by atoms with Crippen LogP contribution in [0, 0.1) is 11.8 Å². The smallest absolute Gasteiger partial charge is 0.305 e. The van der Waals surface area contributed by atoms with Crippen LogP contribution in [0.2, 0.25) is 0 Å². The summed E-state index contributed by atoms with van der Waals surface area (Å²) in [4.78, 5) is 53.5. The quantitative estimate of drug-likeness (QED) is 0.519. The van der Waals surface area contributed by atoms with E-state index in [2.05, 4.69) is 17.2 Å². The molecule has 0 radical (unpaired) electrons. The Morgan fingerprint density at radius 1 is 1.14 bits per heavy atom. The lowest BCUT2D eigenvalue weighted by molar-refractivity contribution is -0.138. The highest BCUT2D eigenvalue weighted by Crippen LogP contribution is 2.33. The minimum atomic E-state index is -1.09. The maximum Gasteiger partial charge on any atom is 0.305 e. The van der Waals surface area contributed by atoms with Crippen LogP contribution >= 0.6 is 0 Å². The largest absolute Gasteiger partial charge is 0.481 e. The number of carboxylic acids is 1. The number of hydrogen-bond donors (Lipinski definition) is 3. The Bertz CT molecular complexity index is 1180. The van der Waals surface area contributed by atoms with Gasteiger partial charge in [-0.2, -0.15) is 0 Å². The number of aliphatic carboxylic acids is 1. The van der Waals surface area contributed by atoms with Crippen molar-refractivity contribution in [2.75, 3.05) is 24.5 Å². The minimum Gasteiger partial charge on any atom is -0.481 e. The molecule has 4 N–H and O–H groups in total. The summed E-state index contributed by atoms with van der Waals surface area (Å²) < 4.78 is 0. The summed E-state index contributed by atoms with van der Waals surface area (Å²) in [7, 11) is 0. The summed E-state index contributed by atoms with van der Waals surface area (Å²) in [5, 5.41) is 12.1. The standard InChI is InChI=1S/C26H28N4O5/c1-17(2)30-21-10-8-18(9-11-23(31)28-13-12-27)14-20(21)26(35)29(16-24(30)32)22(15-25(33)34)19-6-4-3-5-7-19/h3-8,10,14,17,22H,12-13,15-16,27H2,1-2H3,(H,28,31)(H,33,34). The average Bonchev–Trinajstić information content (AvgIpc) is 2.94. The molecule has 2 aromatic carbocycles. The molecule has 1 atom stereocenters. The predicted octanol–water partition coefficient (Wildman–Crippen LogP) is 1.53. The minimum absolute atomic E-state index is 0.213. The second-order valence-corrected chi connectivity index (χ2v) is 8.34. The summed E-state index contributed by atoms with van der Waals surface area (Å²) in [6.07, 6.45) is -0.360. The van der Waals surface area contributed by atoms with Crippen molar-refractivity contribution in [2.45, 2.75) is 32.4 Å². The van der Waals surface area contributed by atoms with Crippen molar-refractivity contribution < 1.29 is 24.3 Å². The van der Waals surface area contributed by atoms with Crippen LogP contribution in [0.25, 0.3) is 0 Å². The van der Waals surface area contributed by atoms with E-state index in [1.807, 2.05) is 13.8 Å². The fourth-order valence-electron chi connectivity index (χ4n) is 4.00. The number of carboxylic acid groups (broad SMARTS) is 1. The van der Waals surface area contributed by atoms with Gasteiger partial charge in [-0.15, -0.1) is 0 Å². The number of nitrogens with two attached hydrogens (primary N) is 1. The van der Waals surface area contributed by atoms with Crippen LogP contribution in [0.1, 0.15) is 47.8 Å². The first-order valence-corrected chi connectivity index (χ1v) is 11.3. The van der Waals surface area contributed by atoms with Gasteiger partial charge in [0.2, 0.25) is 5.91 Å². The maximum atomic E-state index is 13.8. The zero-order chi connectivity index (χ0) is 25.5. The fraction of sp³-hybridized carbons (Fsp3) is 0.308. The molecule has 3 amide bonds. The van der Waals surface area contributed by atoms with Gasteiger partial charge in [0.05, 0.1) is 23.7 Å². The second-order valence-electron chi connectivity index (χ2n) is 8.34. The molecule has 9 nitrogen and oxygen atoms in total. The van der Waals surface area contributed by atoms with Gasteiger partial charge in [0.1, 0.15) is 6.54 Å². The predicted molar refractivity (Wildman–Crippen MR) is 130 cm³/mol. The lowest BCUT2D eigenvalue weighted by Gasteiger charge is -2.30. The highest BCUT2D eigenvalue weighted by molar-refractivity contribution is 6.10. The fourth-order valence-corrected chi connectivity index (χ4v) is 4.00. The number of hydrogen-bond acceptors (Lipinski definition) is 5. The number of carbonyl (C=O) groups is 4. The molecule has 3 rings (SSSR count). The first-order chi connectivity index (χ1) is 16.7. The van der Waals surface area contributed by atoms with Gasteiger partial charge in [-0.25, -0.2) is 0 Å². The Labute approximate surface area is 203 Å². The van der Waals surface area contributed by atoms with Crippen molar-refractivity contribution >= 4 is 29.4 Å². The van der Waals surface area contributed by atoms with Gasteiger partial charge >= 0.3 is 5.97 Å². The summed E-state index contributed by atoms with van der Waals surface area (Å²) in [6, 6.07) is 12.5. The van der Waals surface area contributed by atoms with E-state index in [1.54, 1.807) is 42.5 Å². The Hall–Kier alpha value is -4.16. The van der Waals surface area contributed by atoms with Gasteiger partial charge in [-0.1, -0.05) is 36.3 Å². The van der Waals surface area contributed by atoms with E-state index in [0.717, 1.165) is 0 Å². The maximum absolute atomic E-state index is 13.8. The monoisotopic (exact) mass is 476 g/mol. The van der Waals surface area contributed by atoms with Crippen molar-refractivity contribution in [3.05, 3.63) is 65.2 Å². The van der Waals surface area contributed by atoms with Crippen LogP contribution in [0.3, 0.4) is 0 Å². The number of rotatable bonds is 7. The summed E-state index contributed by atoms with van der Waals surface area (Å²) >= 11 is 0. The molecule has 0 spiro atoms. The molecule has 1 unspecified atom stereocenters. The molecule has 182 valence electrons. The van der Waals surface area contributed by atoms with Crippen molar-refractivity contribution in [1.82, 2.24) is 10.2 Å². The molecule has 0 aromatic heterocycles. The number of benzene rings is 2. The Morgan fingerprint density at radius 2 is 1.86 bits per heavy atom. The van der Waals surface area contributed by atoms with Crippen LogP contribution in [-0.2, 0) is 14.4 Å². The molecule has 1 aliphatic rings. The Balaban J connectivity index is 2.09. The summed E-state index contributed by atoms with van der Waals surface area (Å²) in [5.74, 6) is 2.81. The van der Waals surface area contributed by atoms with Crippen LogP contribution in [-0.4, -0.2) is 59.4 Å². The average molecular weight is 477 g/mol. The van der Waals surface area contributed by atoms with Crippen LogP contribution in [0.5, 0.6) is 0 Å². The SMILES string of the molecule is CC(C)N1C(=O)CN(C(CC(=O)O)c2ccccc2)C(=O)c2cc(C#CC(=O)NCCN)ccc21. The van der Waals surface area contributed by atoms with Gasteiger partial charge in [0.25, 0.3) is 11.8 Å². The first-order valence-electron chi connectivity index (χ1n) is 11.3. The highest BCUT2D eigenvalue weighted by Gasteiger charge is 2.37. The van der Waals surface area contributed by atoms with Gasteiger partial charge in [0.15, 0.2) is 0 Å². The molecule has 1 heterocycles. The van der Waals surface area contributed by atoms with E-state index in [9.17, 15) is 24.3 Å². The van der Waals surface area contributed by atoms with Crippen LogP contribution in [0.15, 0.2) is 48.5 Å². The third kappa shape index (κ3) is 6.05. The molecule has 2 aromatic rings. The molecule has 9 heteroatoms. The number of fused-ring (bicyclic) bond motifs is 1. The molecular weight excluding hydrogens is 448 g/mol. The lowest BCUT2D eigenvalue weighted by Crippen LogP contribution is -2.44. The van der Waals surface area contributed by atoms with Crippen LogP contribution < -0.4 is 16.0 Å². The van der Waals surface area contributed by atoms with E-state index in [1.165, 1.54) is 15.9 Å². The van der Waals surface area contributed by atoms with Gasteiger partial charge in [-0.3, -0.25) is 19.2 Å². The number of nitrogens with one attached hydrogen (secondary N) is 1. The molecule has 0 saturated carbocycles. The van der Waals surface area contributed by atoms with E-state index in [0.29, 0.717) is 23.4 Å². The van der Waals surface area contributed by atoms with E-state index in [-0.39, 0.29) is 37.0 Å². The molecule has 1 aliphatic heterocycles. The lowest BCUT2D eigenvalue weighted by atomic mass is 10.00. The van der Waals surface area contributed by atoms with Gasteiger partial charge < -0.3 is 26.0 Å². The van der Waals surface area contributed by atoms with E-state index in [4.69, 9.17) is 5.73 Å². The van der Waals surface area contributed by atoms with E-state index < -0.39 is 23.8 Å². The number of carbonyl (C=O) groups excluding carboxylic acids is 3. The Kier molecular flexibility index (Phi) is 8.23. The third-order valence-electron chi connectivity index (χ3n) is 5.52. The van der Waals surface area contributed by atoms with Crippen molar-refractivity contribution in [1.29, 1.82) is 0 Å². The second kappa shape index (κ2) is 11.3. The van der Waals surface area contributed by atoms with Crippen molar-refractivity contribution in [3.8, 4) is 11.8 Å². The topological polar surface area (TPSA) is 133 Å². The van der Waals surface area contributed by atoms with Crippen LogP contribution in [0.4, 0.5) is 5.69 Å². The molecule has 0 fully saturated rings. The van der Waals surface area contributed by atoms with Crippen molar-refractivity contribution in [3.63, 3.8) is 0 Å². The molecule has 0 saturated heterocycles. The first kappa shape index (κ1) is 25.5. The third-order valence-corrected chi connectivity index (χ3v) is 5.52. The Morgan fingerprint density at radius 3 is 2.49 bits per heavy atom. The zero-order valence-electron chi connectivity index (χ0n) is 19.7. The zero-order valence-corrected chi connectivity index (χ0v) is 19.7. The molecule has 0 bridgehead atoms. The van der Waals surface area contributed by atoms with Gasteiger partial charge in [0, 0.05) is 30.6 Å². The number of anilines is 1. The normalized spacial score (nSPS) is 14.1. The highest BCUT2D eigenvalue weighted by atomic mass is 16.4. The number of amides is 3. The number of nitrogens with zero attached hydrogens (tertiary/aromatic N) is 2. The van der Waals surface area contributed by atoms with Gasteiger partial charge in [-0.05, 0) is 37.6 Å². The summed E-state index contributed by atoms with van der Waals surface area (Å²) in [6.45, 7) is 3.98. The van der Waals surface area contributed by atoms with Crippen molar-refractivity contribution in [2.24, 2.45) is 5.73 Å². The summed E-state index contributed by atoms with van der Waals surface area (Å²) in [5.41, 5.74) is 7.03. The molecule has 35 heavy (non-hydrogen) atoms. The van der Waals surface area contributed by atoms with E-state index >= 15 is 0 Å².